The van der Waals surface area contributed by atoms with Crippen LogP contribution in [-0.2, 0) is 13.1 Å². The summed E-state index contributed by atoms with van der Waals surface area (Å²) >= 11 is 0. The highest BCUT2D eigenvalue weighted by atomic mass is 19.1. The molecule has 0 bridgehead atoms. The highest BCUT2D eigenvalue weighted by Crippen LogP contribution is 2.21. The third kappa shape index (κ3) is 4.35. The lowest BCUT2D eigenvalue weighted by molar-refractivity contribution is 0.125. The number of piperidine rings is 1. The van der Waals surface area contributed by atoms with Crippen LogP contribution in [0.25, 0.3) is 0 Å². The van der Waals surface area contributed by atoms with Gasteiger partial charge in [-0.05, 0) is 57.5 Å². The highest BCUT2D eigenvalue weighted by molar-refractivity contribution is 5.22. The lowest BCUT2D eigenvalue weighted by Crippen LogP contribution is -2.37. The van der Waals surface area contributed by atoms with Gasteiger partial charge in [0.1, 0.15) is 11.6 Å². The Morgan fingerprint density at radius 2 is 2.08 bits per heavy atom. The highest BCUT2D eigenvalue weighted by Gasteiger charge is 2.21. The first-order valence-corrected chi connectivity index (χ1v) is 8.77. The van der Waals surface area contributed by atoms with E-state index in [9.17, 15) is 4.39 Å². The van der Waals surface area contributed by atoms with Gasteiger partial charge < -0.3 is 4.74 Å². The normalized spacial score (nSPS) is 18.7. The van der Waals surface area contributed by atoms with Gasteiger partial charge in [-0.3, -0.25) is 9.58 Å². The number of halogens is 1. The van der Waals surface area contributed by atoms with Crippen LogP contribution < -0.4 is 4.74 Å². The van der Waals surface area contributed by atoms with Crippen molar-refractivity contribution >= 4 is 0 Å². The zero-order chi connectivity index (χ0) is 16.9. The molecule has 5 heteroatoms. The minimum absolute atomic E-state index is 0.228. The molecule has 1 atom stereocenters. The monoisotopic (exact) mass is 331 g/mol. The van der Waals surface area contributed by atoms with Gasteiger partial charge in [-0.25, -0.2) is 4.39 Å². The van der Waals surface area contributed by atoms with Crippen molar-refractivity contribution in [1.29, 1.82) is 0 Å². The number of benzene rings is 1. The van der Waals surface area contributed by atoms with Crippen LogP contribution in [0.5, 0.6) is 5.75 Å². The first kappa shape index (κ1) is 17.0. The van der Waals surface area contributed by atoms with E-state index >= 15 is 0 Å². The van der Waals surface area contributed by atoms with Crippen molar-refractivity contribution in [2.45, 2.75) is 39.8 Å². The molecular formula is C19H26FN3O. The van der Waals surface area contributed by atoms with Crippen LogP contribution >= 0.6 is 0 Å². The van der Waals surface area contributed by atoms with Crippen LogP contribution in [0.3, 0.4) is 0 Å². The second-order valence-corrected chi connectivity index (χ2v) is 6.60. The predicted molar refractivity (Wildman–Crippen MR) is 92.5 cm³/mol. The summed E-state index contributed by atoms with van der Waals surface area (Å²) in [6, 6.07) is 6.27. The van der Waals surface area contributed by atoms with Gasteiger partial charge in [0.25, 0.3) is 0 Å². The fraction of sp³-hybridized carbons (Fsp3) is 0.526. The van der Waals surface area contributed by atoms with Crippen LogP contribution in [0, 0.1) is 18.7 Å². The summed E-state index contributed by atoms with van der Waals surface area (Å²) in [5.41, 5.74) is 2.44. The zero-order valence-electron chi connectivity index (χ0n) is 14.5. The van der Waals surface area contributed by atoms with E-state index in [2.05, 4.69) is 30.0 Å². The third-order valence-electron chi connectivity index (χ3n) is 4.67. The predicted octanol–water partition coefficient (Wildman–Crippen LogP) is 3.64. The molecule has 0 aliphatic carbocycles. The molecule has 1 aromatic heterocycles. The van der Waals surface area contributed by atoms with Crippen molar-refractivity contribution in [2.24, 2.45) is 5.92 Å². The molecule has 3 rings (SSSR count). The second kappa shape index (κ2) is 7.79. The molecule has 130 valence electrons. The largest absolute Gasteiger partial charge is 0.493 e. The SMILES string of the molecule is CCn1cc(CN2CCC[C@@H](COc3ccc(F)cc3)C2)c(C)n1. The van der Waals surface area contributed by atoms with E-state index in [1.165, 1.54) is 30.5 Å². The molecule has 24 heavy (non-hydrogen) atoms. The number of hydrogen-bond donors (Lipinski definition) is 0. The summed E-state index contributed by atoms with van der Waals surface area (Å²) in [6.07, 6.45) is 4.54. The zero-order valence-corrected chi connectivity index (χ0v) is 14.5. The van der Waals surface area contributed by atoms with E-state index in [0.29, 0.717) is 12.5 Å². The number of likely N-dealkylation sites (tertiary alicyclic amines) is 1. The Balaban J connectivity index is 1.52. The lowest BCUT2D eigenvalue weighted by Gasteiger charge is -2.32. The molecule has 2 aromatic rings. The van der Waals surface area contributed by atoms with Crippen molar-refractivity contribution in [3.8, 4) is 5.75 Å². The van der Waals surface area contributed by atoms with E-state index in [0.717, 1.165) is 37.6 Å². The molecule has 1 saturated heterocycles. The number of nitrogens with zero attached hydrogens (tertiary/aromatic N) is 3. The van der Waals surface area contributed by atoms with Gasteiger partial charge in [0, 0.05) is 37.3 Å². The maximum atomic E-state index is 12.9. The number of hydrogen-bond acceptors (Lipinski definition) is 3. The average molecular weight is 331 g/mol. The Morgan fingerprint density at radius 1 is 1.29 bits per heavy atom. The fourth-order valence-corrected chi connectivity index (χ4v) is 3.29. The van der Waals surface area contributed by atoms with Crippen LogP contribution in [0.1, 0.15) is 31.0 Å². The molecule has 2 heterocycles. The van der Waals surface area contributed by atoms with Crippen molar-refractivity contribution in [3.05, 3.63) is 47.5 Å². The Hall–Kier alpha value is -1.88. The number of aryl methyl sites for hydroxylation is 2. The van der Waals surface area contributed by atoms with Crippen LogP contribution in [0.2, 0.25) is 0 Å². The summed E-state index contributed by atoms with van der Waals surface area (Å²) < 4.78 is 20.8. The van der Waals surface area contributed by atoms with Crippen molar-refractivity contribution in [3.63, 3.8) is 0 Å². The second-order valence-electron chi connectivity index (χ2n) is 6.60. The van der Waals surface area contributed by atoms with E-state index in [1.54, 1.807) is 12.1 Å². The lowest BCUT2D eigenvalue weighted by atomic mass is 9.98. The van der Waals surface area contributed by atoms with Crippen molar-refractivity contribution < 1.29 is 9.13 Å². The smallest absolute Gasteiger partial charge is 0.123 e. The van der Waals surface area contributed by atoms with Gasteiger partial charge in [-0.1, -0.05) is 0 Å². The first-order chi connectivity index (χ1) is 11.6. The Bertz CT molecular complexity index is 653. The molecule has 4 nitrogen and oxygen atoms in total. The minimum atomic E-state index is -0.228. The molecular weight excluding hydrogens is 305 g/mol. The number of ether oxygens (including phenoxy) is 1. The summed E-state index contributed by atoms with van der Waals surface area (Å²) in [7, 11) is 0. The molecule has 1 aromatic carbocycles. The maximum absolute atomic E-state index is 12.9. The molecule has 0 amide bonds. The van der Waals surface area contributed by atoms with Crippen molar-refractivity contribution in [2.75, 3.05) is 19.7 Å². The Kier molecular flexibility index (Phi) is 5.51. The van der Waals surface area contributed by atoms with Gasteiger partial charge in [0.2, 0.25) is 0 Å². The van der Waals surface area contributed by atoms with Crippen LogP contribution in [0.4, 0.5) is 4.39 Å². The molecule has 0 saturated carbocycles. The van der Waals surface area contributed by atoms with Gasteiger partial charge in [0.15, 0.2) is 0 Å². The fourth-order valence-electron chi connectivity index (χ4n) is 3.29. The number of aromatic nitrogens is 2. The van der Waals surface area contributed by atoms with Crippen LogP contribution in [-0.4, -0.2) is 34.4 Å². The molecule has 1 aliphatic heterocycles. The number of rotatable bonds is 6. The molecule has 1 aliphatic rings. The third-order valence-corrected chi connectivity index (χ3v) is 4.67. The summed E-state index contributed by atoms with van der Waals surface area (Å²) in [6.45, 7) is 8.92. The van der Waals surface area contributed by atoms with E-state index in [1.807, 2.05) is 4.68 Å². The van der Waals surface area contributed by atoms with Gasteiger partial charge in [0.05, 0.1) is 12.3 Å². The molecule has 0 unspecified atom stereocenters. The Morgan fingerprint density at radius 3 is 2.79 bits per heavy atom. The molecule has 0 spiro atoms. The van der Waals surface area contributed by atoms with E-state index < -0.39 is 0 Å². The first-order valence-electron chi connectivity index (χ1n) is 8.77. The summed E-state index contributed by atoms with van der Waals surface area (Å²) in [5.74, 6) is 1.04. The standard InChI is InChI=1S/C19H26FN3O/c1-3-23-13-17(15(2)21-23)12-22-10-4-5-16(11-22)14-24-19-8-6-18(20)7-9-19/h6-9,13,16H,3-5,10-12,14H2,1-2H3/t16-/m1/s1. The van der Waals surface area contributed by atoms with E-state index in [-0.39, 0.29) is 5.82 Å². The molecule has 0 radical (unpaired) electrons. The van der Waals surface area contributed by atoms with E-state index in [4.69, 9.17) is 4.74 Å². The molecule has 1 fully saturated rings. The summed E-state index contributed by atoms with van der Waals surface area (Å²) in [5, 5.41) is 4.53. The quantitative estimate of drug-likeness (QED) is 0.809. The summed E-state index contributed by atoms with van der Waals surface area (Å²) in [4.78, 5) is 2.49. The average Bonchev–Trinajstić information content (AvgIpc) is 2.95. The van der Waals surface area contributed by atoms with Gasteiger partial charge in [-0.2, -0.15) is 5.10 Å². The van der Waals surface area contributed by atoms with Crippen molar-refractivity contribution in [1.82, 2.24) is 14.7 Å². The molecule has 0 N–H and O–H groups in total. The maximum Gasteiger partial charge on any atom is 0.123 e. The van der Waals surface area contributed by atoms with Crippen LogP contribution in [0.15, 0.2) is 30.5 Å². The van der Waals surface area contributed by atoms with Gasteiger partial charge in [-0.15, -0.1) is 0 Å². The topological polar surface area (TPSA) is 30.3 Å². The minimum Gasteiger partial charge on any atom is -0.493 e. The van der Waals surface area contributed by atoms with Gasteiger partial charge >= 0.3 is 0 Å². The Labute approximate surface area is 143 Å².